The Morgan fingerprint density at radius 3 is 2.60 bits per heavy atom. The molecule has 1 saturated heterocycles. The molecule has 0 aromatic carbocycles. The van der Waals surface area contributed by atoms with Gasteiger partial charge in [0.25, 0.3) is 0 Å². The molecule has 1 aromatic rings. The maximum atomic E-state index is 11.5. The average Bonchev–Trinajstić information content (AvgIpc) is 2.63. The normalized spacial score (nSPS) is 20.5. The van der Waals surface area contributed by atoms with Crippen LogP contribution in [-0.2, 0) is 4.79 Å². The standard InChI is InChI=1S/C15H25N3O2/c1-11-5-6-14(20-11)15(12(2)16)18-8-4-7-17(9-10-18)13(3)19/h5-6,12,15H,4,7-10,16H2,1-3H3. The SMILES string of the molecule is CC(=O)N1CCCN(C(c2ccc(C)o2)C(C)N)CC1. The Hall–Kier alpha value is -1.33. The minimum atomic E-state index is -0.00979. The van der Waals surface area contributed by atoms with Crippen LogP contribution < -0.4 is 5.73 Å². The van der Waals surface area contributed by atoms with Crippen molar-refractivity contribution in [2.45, 2.75) is 39.3 Å². The number of hydrogen-bond donors (Lipinski definition) is 1. The molecule has 2 atom stereocenters. The minimum Gasteiger partial charge on any atom is -0.465 e. The first-order valence-electron chi connectivity index (χ1n) is 7.30. The molecular formula is C15H25N3O2. The number of rotatable bonds is 3. The average molecular weight is 279 g/mol. The molecule has 1 amide bonds. The van der Waals surface area contributed by atoms with Gasteiger partial charge >= 0.3 is 0 Å². The second-order valence-corrected chi connectivity index (χ2v) is 5.65. The van der Waals surface area contributed by atoms with Crippen LogP contribution in [0.1, 0.15) is 37.8 Å². The summed E-state index contributed by atoms with van der Waals surface area (Å²) in [6.07, 6.45) is 0.975. The topological polar surface area (TPSA) is 62.7 Å². The third kappa shape index (κ3) is 3.41. The number of furan rings is 1. The summed E-state index contributed by atoms with van der Waals surface area (Å²) in [5.74, 6) is 1.98. The Bertz CT molecular complexity index is 456. The Morgan fingerprint density at radius 2 is 2.05 bits per heavy atom. The van der Waals surface area contributed by atoms with Crippen LogP contribution >= 0.6 is 0 Å². The van der Waals surface area contributed by atoms with Crippen molar-refractivity contribution >= 4 is 5.91 Å². The van der Waals surface area contributed by atoms with Crippen LogP contribution in [0.15, 0.2) is 16.5 Å². The molecule has 0 spiro atoms. The number of hydrogen-bond acceptors (Lipinski definition) is 4. The molecule has 5 heteroatoms. The van der Waals surface area contributed by atoms with Crippen molar-refractivity contribution in [2.24, 2.45) is 5.73 Å². The van der Waals surface area contributed by atoms with E-state index in [0.717, 1.165) is 44.1 Å². The van der Waals surface area contributed by atoms with Crippen LogP contribution in [0.2, 0.25) is 0 Å². The number of carbonyl (C=O) groups excluding carboxylic acids is 1. The van der Waals surface area contributed by atoms with E-state index >= 15 is 0 Å². The lowest BCUT2D eigenvalue weighted by Gasteiger charge is -2.31. The molecule has 2 unspecified atom stereocenters. The maximum absolute atomic E-state index is 11.5. The first-order valence-corrected chi connectivity index (χ1v) is 7.30. The Labute approximate surface area is 120 Å². The second kappa shape index (κ2) is 6.41. The third-order valence-corrected chi connectivity index (χ3v) is 3.92. The molecule has 2 rings (SSSR count). The van der Waals surface area contributed by atoms with Crippen molar-refractivity contribution < 1.29 is 9.21 Å². The smallest absolute Gasteiger partial charge is 0.219 e. The molecule has 1 aliphatic rings. The van der Waals surface area contributed by atoms with Gasteiger partial charge in [0.2, 0.25) is 5.91 Å². The molecule has 1 fully saturated rings. The van der Waals surface area contributed by atoms with Crippen LogP contribution in [0.4, 0.5) is 0 Å². The third-order valence-electron chi connectivity index (χ3n) is 3.92. The van der Waals surface area contributed by atoms with Gasteiger partial charge in [0, 0.05) is 39.1 Å². The van der Waals surface area contributed by atoms with Gasteiger partial charge in [-0.1, -0.05) is 0 Å². The number of amides is 1. The predicted octanol–water partition coefficient (Wildman–Crippen LogP) is 1.53. The quantitative estimate of drug-likeness (QED) is 0.911. The Balaban J connectivity index is 2.12. The molecule has 0 bridgehead atoms. The van der Waals surface area contributed by atoms with Crippen molar-refractivity contribution in [1.82, 2.24) is 9.80 Å². The highest BCUT2D eigenvalue weighted by Gasteiger charge is 2.28. The summed E-state index contributed by atoms with van der Waals surface area (Å²) < 4.78 is 5.77. The van der Waals surface area contributed by atoms with Gasteiger partial charge in [-0.2, -0.15) is 0 Å². The van der Waals surface area contributed by atoms with Crippen molar-refractivity contribution in [3.8, 4) is 0 Å². The highest BCUT2D eigenvalue weighted by Crippen LogP contribution is 2.26. The van der Waals surface area contributed by atoms with Crippen molar-refractivity contribution in [1.29, 1.82) is 0 Å². The highest BCUT2D eigenvalue weighted by molar-refractivity contribution is 5.73. The number of nitrogens with zero attached hydrogens (tertiary/aromatic N) is 2. The summed E-state index contributed by atoms with van der Waals surface area (Å²) in [5, 5.41) is 0. The lowest BCUT2D eigenvalue weighted by atomic mass is 10.1. The monoisotopic (exact) mass is 279 g/mol. The second-order valence-electron chi connectivity index (χ2n) is 5.65. The summed E-state index contributed by atoms with van der Waals surface area (Å²) in [6.45, 7) is 8.96. The lowest BCUT2D eigenvalue weighted by molar-refractivity contribution is -0.128. The summed E-state index contributed by atoms with van der Waals surface area (Å²) in [4.78, 5) is 15.7. The lowest BCUT2D eigenvalue weighted by Crippen LogP contribution is -2.41. The van der Waals surface area contributed by atoms with E-state index in [1.54, 1.807) is 6.92 Å². The van der Waals surface area contributed by atoms with Crippen molar-refractivity contribution in [3.05, 3.63) is 23.7 Å². The van der Waals surface area contributed by atoms with Gasteiger partial charge in [-0.15, -0.1) is 0 Å². The zero-order chi connectivity index (χ0) is 14.7. The molecule has 0 saturated carbocycles. The zero-order valence-corrected chi connectivity index (χ0v) is 12.6. The molecule has 2 heterocycles. The summed E-state index contributed by atoms with van der Waals surface area (Å²) in [6, 6.07) is 4.06. The van der Waals surface area contributed by atoms with Crippen molar-refractivity contribution in [3.63, 3.8) is 0 Å². The van der Waals surface area contributed by atoms with Gasteiger partial charge in [-0.25, -0.2) is 0 Å². The predicted molar refractivity (Wildman–Crippen MR) is 78.3 cm³/mol. The van der Waals surface area contributed by atoms with Crippen LogP contribution in [0, 0.1) is 6.92 Å². The first kappa shape index (κ1) is 15.1. The van der Waals surface area contributed by atoms with Crippen molar-refractivity contribution in [2.75, 3.05) is 26.2 Å². The fraction of sp³-hybridized carbons (Fsp3) is 0.667. The largest absolute Gasteiger partial charge is 0.465 e. The molecule has 20 heavy (non-hydrogen) atoms. The van der Waals surface area contributed by atoms with E-state index in [-0.39, 0.29) is 18.0 Å². The molecule has 1 aliphatic heterocycles. The minimum absolute atomic E-state index is 0.00979. The van der Waals surface area contributed by atoms with E-state index in [4.69, 9.17) is 10.2 Å². The molecule has 0 radical (unpaired) electrons. The fourth-order valence-corrected chi connectivity index (χ4v) is 2.91. The van der Waals surface area contributed by atoms with E-state index in [1.165, 1.54) is 0 Å². The molecule has 0 aliphatic carbocycles. The van der Waals surface area contributed by atoms with Gasteiger partial charge < -0.3 is 15.1 Å². The van der Waals surface area contributed by atoms with Gasteiger partial charge in [-0.05, 0) is 32.4 Å². The molecular weight excluding hydrogens is 254 g/mol. The van der Waals surface area contributed by atoms with Gasteiger partial charge in [0.1, 0.15) is 11.5 Å². The van der Waals surface area contributed by atoms with E-state index < -0.39 is 0 Å². The zero-order valence-electron chi connectivity index (χ0n) is 12.6. The maximum Gasteiger partial charge on any atom is 0.219 e. The fourth-order valence-electron chi connectivity index (χ4n) is 2.91. The van der Waals surface area contributed by atoms with Crippen LogP contribution in [0.5, 0.6) is 0 Å². The molecule has 5 nitrogen and oxygen atoms in total. The number of carbonyl (C=O) groups is 1. The summed E-state index contributed by atoms with van der Waals surface area (Å²) in [7, 11) is 0. The molecule has 1 aromatic heterocycles. The number of aryl methyl sites for hydroxylation is 1. The van der Waals surface area contributed by atoms with Crippen LogP contribution in [-0.4, -0.2) is 47.9 Å². The van der Waals surface area contributed by atoms with E-state index in [1.807, 2.05) is 30.9 Å². The van der Waals surface area contributed by atoms with E-state index in [0.29, 0.717) is 0 Å². The Kier molecular flexibility index (Phi) is 4.83. The molecule has 2 N–H and O–H groups in total. The first-order chi connectivity index (χ1) is 9.49. The Morgan fingerprint density at radius 1 is 1.30 bits per heavy atom. The van der Waals surface area contributed by atoms with Gasteiger partial charge in [0.15, 0.2) is 0 Å². The highest BCUT2D eigenvalue weighted by atomic mass is 16.3. The van der Waals surface area contributed by atoms with Gasteiger partial charge in [0.05, 0.1) is 6.04 Å². The van der Waals surface area contributed by atoms with Crippen LogP contribution in [0.3, 0.4) is 0 Å². The van der Waals surface area contributed by atoms with E-state index in [9.17, 15) is 4.79 Å². The number of nitrogens with two attached hydrogens (primary N) is 1. The van der Waals surface area contributed by atoms with Crippen LogP contribution in [0.25, 0.3) is 0 Å². The van der Waals surface area contributed by atoms with Gasteiger partial charge in [-0.3, -0.25) is 9.69 Å². The summed E-state index contributed by atoms with van der Waals surface area (Å²) in [5.41, 5.74) is 6.17. The molecule has 112 valence electrons. The summed E-state index contributed by atoms with van der Waals surface area (Å²) >= 11 is 0. The van der Waals surface area contributed by atoms with E-state index in [2.05, 4.69) is 4.90 Å².